The summed E-state index contributed by atoms with van der Waals surface area (Å²) in [7, 11) is 0. The van der Waals surface area contributed by atoms with E-state index in [1.807, 2.05) is 0 Å². The number of piperazine rings is 3. The molecule has 1 saturated carbocycles. The minimum Gasteiger partial charge on any atom is -0.299 e. The fourth-order valence-electron chi connectivity index (χ4n) is 3.88. The zero-order valence-electron chi connectivity index (χ0n) is 10.1. The van der Waals surface area contributed by atoms with E-state index in [0.29, 0.717) is 12.1 Å². The molecule has 2 unspecified atom stereocenters. The number of fused-ring (bicyclic) bond motifs is 3. The topological polar surface area (TPSA) is 44.5 Å². The van der Waals surface area contributed by atoms with Crippen molar-refractivity contribution < 1.29 is 0 Å². The highest BCUT2D eigenvalue weighted by molar-refractivity contribution is 4.97. The lowest BCUT2D eigenvalue weighted by molar-refractivity contribution is -0.0128. The first kappa shape index (κ1) is 11.0. The second kappa shape index (κ2) is 4.61. The molecule has 92 valence electrons. The van der Waals surface area contributed by atoms with Crippen LogP contribution in [0.2, 0.25) is 0 Å². The average Bonchev–Trinajstić information content (AvgIpc) is 2.85. The Hall–Kier alpha value is -0.160. The van der Waals surface area contributed by atoms with Gasteiger partial charge in [0.2, 0.25) is 0 Å². The zero-order chi connectivity index (χ0) is 11.0. The molecule has 0 amide bonds. The van der Waals surface area contributed by atoms with E-state index in [1.54, 1.807) is 0 Å². The fourth-order valence-corrected chi connectivity index (χ4v) is 3.88. The number of rotatable bonds is 3. The molecule has 4 rings (SSSR count). The van der Waals surface area contributed by atoms with E-state index in [0.717, 1.165) is 5.92 Å². The van der Waals surface area contributed by atoms with Crippen LogP contribution in [-0.2, 0) is 0 Å². The first-order chi connectivity index (χ1) is 7.88. The molecule has 1 aliphatic carbocycles. The Labute approximate surface area is 98.1 Å². The summed E-state index contributed by atoms with van der Waals surface area (Å²) in [5, 5.41) is 0. The van der Waals surface area contributed by atoms with Gasteiger partial charge >= 0.3 is 0 Å². The van der Waals surface area contributed by atoms with Gasteiger partial charge in [0.1, 0.15) is 0 Å². The van der Waals surface area contributed by atoms with Crippen LogP contribution < -0.4 is 11.3 Å². The van der Waals surface area contributed by atoms with Crippen LogP contribution in [0.5, 0.6) is 0 Å². The zero-order valence-corrected chi connectivity index (χ0v) is 10.1. The van der Waals surface area contributed by atoms with Gasteiger partial charge in [-0.05, 0) is 18.8 Å². The second-order valence-electron chi connectivity index (χ2n) is 5.64. The first-order valence-electron chi connectivity index (χ1n) is 6.81. The second-order valence-corrected chi connectivity index (χ2v) is 5.64. The van der Waals surface area contributed by atoms with Crippen LogP contribution in [0.15, 0.2) is 0 Å². The fraction of sp³-hybridized carbons (Fsp3) is 1.00. The Kier molecular flexibility index (Phi) is 3.16. The van der Waals surface area contributed by atoms with E-state index < -0.39 is 0 Å². The number of nitrogens with one attached hydrogen (secondary N) is 1. The molecule has 3 heterocycles. The lowest BCUT2D eigenvalue weighted by Gasteiger charge is -2.51. The predicted octanol–water partition coefficient (Wildman–Crippen LogP) is 0.00830. The van der Waals surface area contributed by atoms with Gasteiger partial charge in [-0.3, -0.25) is 21.1 Å². The molecule has 4 heteroatoms. The van der Waals surface area contributed by atoms with Crippen LogP contribution in [0.1, 0.15) is 25.7 Å². The van der Waals surface area contributed by atoms with Gasteiger partial charge in [0.05, 0.1) is 0 Å². The van der Waals surface area contributed by atoms with E-state index in [9.17, 15) is 0 Å². The van der Waals surface area contributed by atoms with Gasteiger partial charge in [-0.25, -0.2) is 0 Å². The number of hydrazine groups is 1. The van der Waals surface area contributed by atoms with E-state index in [4.69, 9.17) is 5.84 Å². The number of hydrogen-bond acceptors (Lipinski definition) is 4. The Bertz CT molecular complexity index is 229. The molecule has 0 aromatic rings. The van der Waals surface area contributed by atoms with Crippen molar-refractivity contribution in [2.45, 2.75) is 37.8 Å². The highest BCUT2D eigenvalue weighted by atomic mass is 15.4. The van der Waals surface area contributed by atoms with Crippen LogP contribution in [0.25, 0.3) is 0 Å². The van der Waals surface area contributed by atoms with Crippen molar-refractivity contribution in [2.24, 2.45) is 11.8 Å². The monoisotopic (exact) mass is 224 g/mol. The Morgan fingerprint density at radius 2 is 1.75 bits per heavy atom. The summed E-state index contributed by atoms with van der Waals surface area (Å²) in [4.78, 5) is 5.26. The molecule has 4 fully saturated rings. The highest BCUT2D eigenvalue weighted by Gasteiger charge is 2.39. The molecular weight excluding hydrogens is 200 g/mol. The third kappa shape index (κ3) is 1.88. The van der Waals surface area contributed by atoms with Crippen molar-refractivity contribution in [2.75, 3.05) is 32.7 Å². The maximum absolute atomic E-state index is 5.82. The molecule has 0 spiro atoms. The van der Waals surface area contributed by atoms with E-state index >= 15 is 0 Å². The smallest absolute Gasteiger partial charge is 0.0406 e. The molecule has 2 bridgehead atoms. The lowest BCUT2D eigenvalue weighted by atomic mass is 9.89. The molecule has 0 aromatic carbocycles. The van der Waals surface area contributed by atoms with Crippen LogP contribution in [0, 0.1) is 5.92 Å². The maximum atomic E-state index is 5.82. The lowest BCUT2D eigenvalue weighted by Crippen LogP contribution is -2.68. The van der Waals surface area contributed by atoms with Crippen molar-refractivity contribution >= 4 is 0 Å². The Morgan fingerprint density at radius 1 is 1.06 bits per heavy atom. The SMILES string of the molecule is NNC(C1CCCC1)C1CN2CCN1CC2. The Balaban J connectivity index is 1.69. The average molecular weight is 224 g/mol. The summed E-state index contributed by atoms with van der Waals surface area (Å²) in [6.45, 7) is 6.24. The van der Waals surface area contributed by atoms with E-state index in [1.165, 1.54) is 58.4 Å². The summed E-state index contributed by atoms with van der Waals surface area (Å²) >= 11 is 0. The third-order valence-corrected chi connectivity index (χ3v) is 4.84. The van der Waals surface area contributed by atoms with Crippen molar-refractivity contribution in [3.8, 4) is 0 Å². The molecule has 0 aromatic heterocycles. The van der Waals surface area contributed by atoms with Crippen LogP contribution in [-0.4, -0.2) is 54.6 Å². The molecule has 3 aliphatic heterocycles. The van der Waals surface area contributed by atoms with Gasteiger partial charge in [0, 0.05) is 44.8 Å². The van der Waals surface area contributed by atoms with Gasteiger partial charge in [-0.15, -0.1) is 0 Å². The number of hydrogen-bond donors (Lipinski definition) is 2. The predicted molar refractivity (Wildman–Crippen MR) is 64.9 cm³/mol. The maximum Gasteiger partial charge on any atom is 0.0406 e. The molecule has 3 N–H and O–H groups in total. The summed E-state index contributed by atoms with van der Waals surface area (Å²) < 4.78 is 0. The van der Waals surface area contributed by atoms with Crippen LogP contribution in [0.4, 0.5) is 0 Å². The van der Waals surface area contributed by atoms with Crippen molar-refractivity contribution in [1.29, 1.82) is 0 Å². The molecule has 4 aliphatic rings. The number of nitrogens with zero attached hydrogens (tertiary/aromatic N) is 2. The quantitative estimate of drug-likeness (QED) is 0.523. The minimum absolute atomic E-state index is 0.519. The minimum atomic E-state index is 0.519. The van der Waals surface area contributed by atoms with Gasteiger partial charge in [0.15, 0.2) is 0 Å². The molecule has 2 atom stereocenters. The summed E-state index contributed by atoms with van der Waals surface area (Å²) in [6.07, 6.45) is 5.55. The van der Waals surface area contributed by atoms with Gasteiger partial charge in [0.25, 0.3) is 0 Å². The number of nitrogens with two attached hydrogens (primary N) is 1. The van der Waals surface area contributed by atoms with E-state index in [-0.39, 0.29) is 0 Å². The van der Waals surface area contributed by atoms with Crippen molar-refractivity contribution in [1.82, 2.24) is 15.2 Å². The molecule has 16 heavy (non-hydrogen) atoms. The van der Waals surface area contributed by atoms with Gasteiger partial charge < -0.3 is 0 Å². The standard InChI is InChI=1S/C12H24N4/c13-14-12(10-3-1-2-4-10)11-9-15-5-7-16(11)8-6-15/h10-12,14H,1-9,13H2. The largest absolute Gasteiger partial charge is 0.299 e. The van der Waals surface area contributed by atoms with Crippen LogP contribution >= 0.6 is 0 Å². The highest BCUT2D eigenvalue weighted by Crippen LogP contribution is 2.32. The van der Waals surface area contributed by atoms with Crippen molar-refractivity contribution in [3.63, 3.8) is 0 Å². The van der Waals surface area contributed by atoms with Crippen molar-refractivity contribution in [3.05, 3.63) is 0 Å². The normalized spacial score (nSPS) is 41.4. The summed E-state index contributed by atoms with van der Waals surface area (Å²) in [6, 6.07) is 1.18. The summed E-state index contributed by atoms with van der Waals surface area (Å²) in [5.74, 6) is 6.64. The molecule has 4 nitrogen and oxygen atoms in total. The molecule has 0 radical (unpaired) electrons. The summed E-state index contributed by atoms with van der Waals surface area (Å²) in [5.41, 5.74) is 3.13. The van der Waals surface area contributed by atoms with Gasteiger partial charge in [-0.2, -0.15) is 0 Å². The van der Waals surface area contributed by atoms with E-state index in [2.05, 4.69) is 15.2 Å². The molecule has 3 saturated heterocycles. The van der Waals surface area contributed by atoms with Crippen LogP contribution in [0.3, 0.4) is 0 Å². The molecular formula is C12H24N4. The van der Waals surface area contributed by atoms with Gasteiger partial charge in [-0.1, -0.05) is 12.8 Å². The Morgan fingerprint density at radius 3 is 2.25 bits per heavy atom. The first-order valence-corrected chi connectivity index (χ1v) is 6.81. The third-order valence-electron chi connectivity index (χ3n) is 4.84.